The quantitative estimate of drug-likeness (QED) is 0.606. The molecule has 0 aliphatic carbocycles. The van der Waals surface area contributed by atoms with Crippen molar-refractivity contribution in [2.45, 2.75) is 4.90 Å². The van der Waals surface area contributed by atoms with E-state index < -0.39 is 10.0 Å². The molecule has 0 bridgehead atoms. The maximum absolute atomic E-state index is 12.4. The van der Waals surface area contributed by atoms with Gasteiger partial charge in [0.25, 0.3) is 5.91 Å². The van der Waals surface area contributed by atoms with Gasteiger partial charge in [-0.1, -0.05) is 30.3 Å². The molecule has 0 atom stereocenters. The third kappa shape index (κ3) is 5.01. The Labute approximate surface area is 147 Å². The molecule has 0 aromatic heterocycles. The van der Waals surface area contributed by atoms with E-state index in [1.165, 1.54) is 7.05 Å². The van der Waals surface area contributed by atoms with Gasteiger partial charge in [-0.3, -0.25) is 9.10 Å². The number of benzene rings is 2. The molecule has 0 heterocycles. The van der Waals surface area contributed by atoms with E-state index in [0.29, 0.717) is 17.8 Å². The second-order valence-corrected chi connectivity index (χ2v) is 8.35. The van der Waals surface area contributed by atoms with Crippen molar-refractivity contribution in [3.05, 3.63) is 60.2 Å². The minimum Gasteiger partial charge on any atom is -0.351 e. The summed E-state index contributed by atoms with van der Waals surface area (Å²) in [5, 5.41) is 2.83. The van der Waals surface area contributed by atoms with Crippen molar-refractivity contribution in [1.29, 1.82) is 0 Å². The molecular formula is C17H20N2O3S2. The van der Waals surface area contributed by atoms with Gasteiger partial charge in [0, 0.05) is 24.2 Å². The van der Waals surface area contributed by atoms with Crippen molar-refractivity contribution < 1.29 is 13.2 Å². The molecule has 0 fully saturated rings. The Morgan fingerprint density at radius 1 is 1.08 bits per heavy atom. The van der Waals surface area contributed by atoms with Crippen LogP contribution in [0.3, 0.4) is 0 Å². The minimum atomic E-state index is -3.42. The Morgan fingerprint density at radius 3 is 2.38 bits per heavy atom. The van der Waals surface area contributed by atoms with Crippen LogP contribution in [-0.4, -0.2) is 39.9 Å². The number of nitrogens with zero attached hydrogens (tertiary/aromatic N) is 1. The van der Waals surface area contributed by atoms with Crippen LogP contribution in [0.2, 0.25) is 0 Å². The van der Waals surface area contributed by atoms with E-state index in [1.54, 1.807) is 36.0 Å². The molecule has 0 aliphatic rings. The molecule has 1 amide bonds. The van der Waals surface area contributed by atoms with Crippen molar-refractivity contribution in [3.63, 3.8) is 0 Å². The summed E-state index contributed by atoms with van der Waals surface area (Å²) in [6.45, 7) is 0.495. The van der Waals surface area contributed by atoms with Crippen molar-refractivity contribution >= 4 is 33.4 Å². The molecule has 2 aromatic rings. The number of amides is 1. The van der Waals surface area contributed by atoms with Crippen LogP contribution < -0.4 is 9.62 Å². The predicted octanol–water partition coefficient (Wildman–Crippen LogP) is 2.60. The molecule has 0 unspecified atom stereocenters. The maximum Gasteiger partial charge on any atom is 0.253 e. The Bertz CT molecular complexity index is 792. The van der Waals surface area contributed by atoms with Crippen molar-refractivity contribution in [2.24, 2.45) is 0 Å². The molecule has 128 valence electrons. The summed E-state index contributed by atoms with van der Waals surface area (Å²) in [7, 11) is -1.99. The monoisotopic (exact) mass is 364 g/mol. The standard InChI is InChI=1S/C17H20N2O3S2/c1-19(24(2,21)22)16-11-7-6-10-15(16)17(20)18-12-13-23-14-8-4-3-5-9-14/h3-11H,12-13H2,1-2H3,(H,18,20). The van der Waals surface area contributed by atoms with Crippen LogP contribution >= 0.6 is 11.8 Å². The van der Waals surface area contributed by atoms with E-state index in [0.717, 1.165) is 21.2 Å². The average Bonchev–Trinajstić information content (AvgIpc) is 2.58. The number of anilines is 1. The zero-order chi connectivity index (χ0) is 17.6. The summed E-state index contributed by atoms with van der Waals surface area (Å²) < 4.78 is 24.5. The fourth-order valence-corrected chi connectivity index (χ4v) is 3.37. The van der Waals surface area contributed by atoms with E-state index in [9.17, 15) is 13.2 Å². The molecule has 0 saturated heterocycles. The summed E-state index contributed by atoms with van der Waals surface area (Å²) in [6, 6.07) is 16.6. The fraction of sp³-hybridized carbons (Fsp3) is 0.235. The molecule has 2 rings (SSSR count). The number of carbonyl (C=O) groups excluding carboxylic acids is 1. The van der Waals surface area contributed by atoms with Gasteiger partial charge in [-0.2, -0.15) is 0 Å². The van der Waals surface area contributed by atoms with Gasteiger partial charge in [-0.05, 0) is 24.3 Å². The molecule has 7 heteroatoms. The molecular weight excluding hydrogens is 344 g/mol. The zero-order valence-electron chi connectivity index (χ0n) is 13.6. The number of rotatable bonds is 7. The van der Waals surface area contributed by atoms with Gasteiger partial charge in [-0.25, -0.2) is 8.42 Å². The lowest BCUT2D eigenvalue weighted by Gasteiger charge is -2.19. The van der Waals surface area contributed by atoms with E-state index in [4.69, 9.17) is 0 Å². The lowest BCUT2D eigenvalue weighted by molar-refractivity contribution is 0.0957. The number of hydrogen-bond acceptors (Lipinski definition) is 4. The van der Waals surface area contributed by atoms with Crippen LogP contribution in [0.1, 0.15) is 10.4 Å². The van der Waals surface area contributed by atoms with Crippen LogP contribution in [0.15, 0.2) is 59.5 Å². The highest BCUT2D eigenvalue weighted by molar-refractivity contribution is 7.99. The molecule has 1 N–H and O–H groups in total. The van der Waals surface area contributed by atoms with Crippen LogP contribution in [0.4, 0.5) is 5.69 Å². The highest BCUT2D eigenvalue weighted by atomic mass is 32.2. The van der Waals surface area contributed by atoms with Crippen LogP contribution in [-0.2, 0) is 10.0 Å². The second kappa shape index (κ2) is 8.21. The molecule has 0 radical (unpaired) electrons. The van der Waals surface area contributed by atoms with Gasteiger partial charge in [-0.15, -0.1) is 11.8 Å². The van der Waals surface area contributed by atoms with E-state index in [-0.39, 0.29) is 5.91 Å². The van der Waals surface area contributed by atoms with Gasteiger partial charge < -0.3 is 5.32 Å². The van der Waals surface area contributed by atoms with E-state index in [2.05, 4.69) is 5.32 Å². The smallest absolute Gasteiger partial charge is 0.253 e. The topological polar surface area (TPSA) is 66.5 Å². The van der Waals surface area contributed by atoms with E-state index >= 15 is 0 Å². The van der Waals surface area contributed by atoms with Gasteiger partial charge in [0.1, 0.15) is 0 Å². The summed E-state index contributed by atoms with van der Waals surface area (Å²) in [5.41, 5.74) is 0.711. The Hall–Kier alpha value is -1.99. The SMILES string of the molecule is CN(c1ccccc1C(=O)NCCSc1ccccc1)S(C)(=O)=O. The summed E-state index contributed by atoms with van der Waals surface area (Å²) in [4.78, 5) is 13.5. The normalized spacial score (nSPS) is 11.1. The number of nitrogens with one attached hydrogen (secondary N) is 1. The van der Waals surface area contributed by atoms with E-state index in [1.807, 2.05) is 30.3 Å². The summed E-state index contributed by atoms with van der Waals surface area (Å²) in [6.07, 6.45) is 1.11. The molecule has 0 spiro atoms. The second-order valence-electron chi connectivity index (χ2n) is 5.17. The van der Waals surface area contributed by atoms with Crippen molar-refractivity contribution in [2.75, 3.05) is 29.9 Å². The van der Waals surface area contributed by atoms with Gasteiger partial charge in [0.05, 0.1) is 17.5 Å². The Morgan fingerprint density at radius 2 is 1.71 bits per heavy atom. The number of thioether (sulfide) groups is 1. The molecule has 24 heavy (non-hydrogen) atoms. The lowest BCUT2D eigenvalue weighted by Crippen LogP contribution is -2.30. The van der Waals surface area contributed by atoms with Crippen LogP contribution in [0.25, 0.3) is 0 Å². The van der Waals surface area contributed by atoms with Gasteiger partial charge in [0.15, 0.2) is 0 Å². The lowest BCUT2D eigenvalue weighted by atomic mass is 10.1. The Kier molecular flexibility index (Phi) is 6.28. The van der Waals surface area contributed by atoms with Crippen molar-refractivity contribution in [3.8, 4) is 0 Å². The van der Waals surface area contributed by atoms with Crippen molar-refractivity contribution in [1.82, 2.24) is 5.32 Å². The van der Waals surface area contributed by atoms with Gasteiger partial charge >= 0.3 is 0 Å². The minimum absolute atomic E-state index is 0.283. The first-order chi connectivity index (χ1) is 11.4. The summed E-state index contributed by atoms with van der Waals surface area (Å²) >= 11 is 1.65. The first-order valence-corrected chi connectivity index (χ1v) is 10.2. The zero-order valence-corrected chi connectivity index (χ0v) is 15.2. The first-order valence-electron chi connectivity index (χ1n) is 7.38. The maximum atomic E-state index is 12.4. The molecule has 0 aliphatic heterocycles. The average molecular weight is 364 g/mol. The Balaban J connectivity index is 1.98. The molecule has 2 aromatic carbocycles. The third-order valence-electron chi connectivity index (χ3n) is 3.38. The number of hydrogen-bond donors (Lipinski definition) is 1. The first kappa shape index (κ1) is 18.4. The number of sulfonamides is 1. The number of carbonyl (C=O) groups is 1. The van der Waals surface area contributed by atoms with Crippen LogP contribution in [0, 0.1) is 0 Å². The largest absolute Gasteiger partial charge is 0.351 e. The highest BCUT2D eigenvalue weighted by Gasteiger charge is 2.19. The number of para-hydroxylation sites is 1. The molecule has 0 saturated carbocycles. The fourth-order valence-electron chi connectivity index (χ4n) is 2.06. The summed E-state index contributed by atoms with van der Waals surface area (Å²) in [5.74, 6) is 0.453. The highest BCUT2D eigenvalue weighted by Crippen LogP contribution is 2.21. The third-order valence-corrected chi connectivity index (χ3v) is 5.59. The van der Waals surface area contributed by atoms with Crippen LogP contribution in [0.5, 0.6) is 0 Å². The van der Waals surface area contributed by atoms with Gasteiger partial charge in [0.2, 0.25) is 10.0 Å². The molecule has 5 nitrogen and oxygen atoms in total. The predicted molar refractivity (Wildman–Crippen MR) is 99.2 cm³/mol.